The Morgan fingerprint density at radius 2 is 1.09 bits per heavy atom. The van der Waals surface area contributed by atoms with Crippen LogP contribution in [0.2, 0.25) is 0 Å². The van der Waals surface area contributed by atoms with Gasteiger partial charge in [0.15, 0.2) is 0 Å². The average molecular weight is 561 g/mol. The van der Waals surface area contributed by atoms with Crippen molar-refractivity contribution >= 4 is 39.4 Å². The van der Waals surface area contributed by atoms with Crippen LogP contribution in [0, 0.1) is 47.0 Å². The van der Waals surface area contributed by atoms with Gasteiger partial charge >= 0.3 is 206 Å². The van der Waals surface area contributed by atoms with E-state index >= 15 is 0 Å². The van der Waals surface area contributed by atoms with Gasteiger partial charge in [0.25, 0.3) is 0 Å². The summed E-state index contributed by atoms with van der Waals surface area (Å²) >= 11 is -3.48. The molecule has 1 aliphatic heterocycles. The van der Waals surface area contributed by atoms with Gasteiger partial charge in [0, 0.05) is 0 Å². The van der Waals surface area contributed by atoms with Crippen LogP contribution in [-0.2, 0) is 11.9 Å². The predicted octanol–water partition coefficient (Wildman–Crippen LogP) is 7.42. The molecule has 0 atom stereocenters. The van der Waals surface area contributed by atoms with Gasteiger partial charge in [-0.2, -0.15) is 0 Å². The van der Waals surface area contributed by atoms with Gasteiger partial charge in [-0.25, -0.2) is 0 Å². The molecular weight excluding hydrogens is 524 g/mol. The molecule has 0 aliphatic carbocycles. The van der Waals surface area contributed by atoms with Crippen LogP contribution < -0.4 is 9.80 Å². The van der Waals surface area contributed by atoms with Crippen LogP contribution in [0.15, 0.2) is 30.3 Å². The Labute approximate surface area is 204 Å². The van der Waals surface area contributed by atoms with Gasteiger partial charge in [0.2, 0.25) is 0 Å². The maximum absolute atomic E-state index is 7.28. The van der Waals surface area contributed by atoms with E-state index in [1.807, 2.05) is 0 Å². The summed E-state index contributed by atoms with van der Waals surface area (Å²) in [5, 5.41) is 0. The third kappa shape index (κ3) is 5.29. The van der Waals surface area contributed by atoms with Crippen molar-refractivity contribution in [2.24, 2.45) is 5.41 Å². The van der Waals surface area contributed by atoms with Gasteiger partial charge in [-0.05, 0) is 0 Å². The van der Waals surface area contributed by atoms with E-state index in [4.69, 9.17) is 19.4 Å². The molecule has 176 valence electrons. The van der Waals surface area contributed by atoms with Crippen LogP contribution in [0.4, 0.5) is 11.4 Å². The number of hydrogen-bond donors (Lipinski definition) is 0. The maximum atomic E-state index is 7.28. The number of hydrogen-bond acceptors (Lipinski definition) is 2. The van der Waals surface area contributed by atoms with Gasteiger partial charge in [-0.15, -0.1) is 0 Å². The number of allylic oxidation sites excluding steroid dienone is 1. The zero-order chi connectivity index (χ0) is 24.0. The Balaban J connectivity index is 2.39. The summed E-state index contributed by atoms with van der Waals surface area (Å²) in [7, 11) is 14.6. The van der Waals surface area contributed by atoms with E-state index in [0.29, 0.717) is 0 Å². The van der Waals surface area contributed by atoms with Crippen LogP contribution in [-0.4, -0.2) is 21.7 Å². The number of aryl methyl sites for hydroxylation is 6. The van der Waals surface area contributed by atoms with Gasteiger partial charge in [0.05, 0.1) is 0 Å². The minimum absolute atomic E-state index is 0.0317. The quantitative estimate of drug-likeness (QED) is 0.353. The molecule has 3 rings (SSSR count). The molecule has 0 N–H and O–H groups in total. The summed E-state index contributed by atoms with van der Waals surface area (Å²) in [5.74, 6) is 0. The Hall–Kier alpha value is -1.24. The third-order valence-corrected chi connectivity index (χ3v) is 10.7. The molecule has 1 saturated heterocycles. The van der Waals surface area contributed by atoms with E-state index in [0.717, 1.165) is 17.4 Å². The zero-order valence-electron chi connectivity index (χ0n) is 20.8. The first kappa shape index (κ1) is 25.4. The first-order chi connectivity index (χ1) is 14.7. The fourth-order valence-corrected chi connectivity index (χ4v) is 10.0. The number of halogens is 2. The summed E-state index contributed by atoms with van der Waals surface area (Å²) in [6.07, 6.45) is 2.06. The molecule has 0 spiro atoms. The second-order valence-electron chi connectivity index (χ2n) is 10.1. The van der Waals surface area contributed by atoms with Crippen molar-refractivity contribution < 1.29 is 11.9 Å². The fourth-order valence-electron chi connectivity index (χ4n) is 4.63. The van der Waals surface area contributed by atoms with Gasteiger partial charge in [-0.3, -0.25) is 0 Å². The Kier molecular flexibility index (Phi) is 7.29. The van der Waals surface area contributed by atoms with E-state index in [9.17, 15) is 0 Å². The molecule has 32 heavy (non-hydrogen) atoms. The molecule has 0 unspecified atom stereocenters. The summed E-state index contributed by atoms with van der Waals surface area (Å²) in [5.41, 5.74) is 9.97. The number of benzene rings is 2. The van der Waals surface area contributed by atoms with Crippen LogP contribution in [0.3, 0.4) is 0 Å². The second-order valence-corrected chi connectivity index (χ2v) is 18.9. The molecule has 0 amide bonds. The molecule has 0 radical (unpaired) electrons. The van der Waals surface area contributed by atoms with E-state index in [2.05, 4.69) is 107 Å². The molecule has 2 nitrogen and oxygen atoms in total. The van der Waals surface area contributed by atoms with E-state index in [1.54, 1.807) is 0 Å². The second kappa shape index (κ2) is 9.19. The van der Waals surface area contributed by atoms with Gasteiger partial charge in [-0.1, -0.05) is 0 Å². The molecule has 0 saturated carbocycles. The Bertz CT molecular complexity index is 1100. The molecule has 1 heterocycles. The van der Waals surface area contributed by atoms with Crippen molar-refractivity contribution in [2.75, 3.05) is 22.9 Å². The molecule has 2 aromatic rings. The van der Waals surface area contributed by atoms with Crippen LogP contribution in [0.25, 0.3) is 0 Å². The van der Waals surface area contributed by atoms with Crippen LogP contribution in [0.5, 0.6) is 0 Å². The summed E-state index contributed by atoms with van der Waals surface area (Å²) in [6, 6.07) is 8.98. The monoisotopic (exact) mass is 560 g/mol. The molecule has 1 aliphatic rings. The Morgan fingerprint density at radius 1 is 0.750 bits per heavy atom. The Morgan fingerprint density at radius 3 is 1.41 bits per heavy atom. The van der Waals surface area contributed by atoms with Crippen molar-refractivity contribution in [3.8, 4) is 0 Å². The minimum atomic E-state index is -3.48. The molecule has 5 heteroatoms. The third-order valence-electron chi connectivity index (χ3n) is 5.60. The molecule has 1 fully saturated rings. The molecular formula is C27H36Cl2N2Ru. The number of anilines is 2. The van der Waals surface area contributed by atoms with E-state index in [1.165, 1.54) is 44.8 Å². The number of nitrogens with zero attached hydrogens (tertiary/aromatic N) is 2. The summed E-state index contributed by atoms with van der Waals surface area (Å²) in [4.78, 5) is 4.75. The first-order valence-corrected chi connectivity index (χ1v) is 17.2. The molecule has 0 bridgehead atoms. The molecule has 2 aromatic carbocycles. The van der Waals surface area contributed by atoms with Crippen molar-refractivity contribution in [1.29, 1.82) is 0 Å². The van der Waals surface area contributed by atoms with Crippen molar-refractivity contribution in [3.63, 3.8) is 0 Å². The molecule has 0 aromatic heterocycles. The topological polar surface area (TPSA) is 6.48 Å². The van der Waals surface area contributed by atoms with Crippen molar-refractivity contribution in [2.45, 2.75) is 62.3 Å². The van der Waals surface area contributed by atoms with E-state index in [-0.39, 0.29) is 5.41 Å². The van der Waals surface area contributed by atoms with Crippen molar-refractivity contribution in [3.05, 3.63) is 63.7 Å². The number of rotatable bonds is 2. The zero-order valence-corrected chi connectivity index (χ0v) is 24.1. The van der Waals surface area contributed by atoms with Crippen molar-refractivity contribution in [1.82, 2.24) is 0 Å². The average Bonchev–Trinajstić information content (AvgIpc) is 3.03. The van der Waals surface area contributed by atoms with Gasteiger partial charge in [0.1, 0.15) is 0 Å². The summed E-state index contributed by atoms with van der Waals surface area (Å²) < 4.78 is 4.52. The first-order valence-electron chi connectivity index (χ1n) is 11.0. The van der Waals surface area contributed by atoms with E-state index < -0.39 is 11.9 Å². The predicted molar refractivity (Wildman–Crippen MR) is 142 cm³/mol. The SMILES string of the molecule is Cc1cc(C)c(N2CCN(c3c(C)cc(C)cc3C)[C]2=[Ru]([Cl])([Cl])=[C]=CC(C)(C)C)c(C)c1. The normalized spacial score (nSPS) is 15.3. The van der Waals surface area contributed by atoms with Gasteiger partial charge < -0.3 is 0 Å². The van der Waals surface area contributed by atoms with Crippen LogP contribution in [0.1, 0.15) is 54.2 Å². The summed E-state index contributed by atoms with van der Waals surface area (Å²) in [6.45, 7) is 21.2. The fraction of sp³-hybridized carbons (Fsp3) is 0.444. The van der Waals surface area contributed by atoms with Crippen LogP contribution >= 0.6 is 19.4 Å². The standard InChI is InChI=1S/C21H26N2.C6H10.2ClH.Ru/c1-14-9-16(3)20(17(4)10-14)22-7-8-23(13-22)21-18(5)11-15(2)12-19(21)6;1-5-6(2,3)4;;;/h9-12H,7-8H2,1-6H3;5H,2-4H3;2*1H;/q;;;;+2/p-2.